The topological polar surface area (TPSA) is 94.6 Å². The number of fused-ring (bicyclic) bond motifs is 1. The van der Waals surface area contributed by atoms with E-state index in [9.17, 15) is 13.2 Å². The normalized spacial score (nSPS) is 13.6. The predicted octanol–water partition coefficient (Wildman–Crippen LogP) is 2.95. The third kappa shape index (κ3) is 4.28. The Morgan fingerprint density at radius 1 is 1.03 bits per heavy atom. The van der Waals surface area contributed by atoms with E-state index in [4.69, 9.17) is 9.47 Å². The lowest BCUT2D eigenvalue weighted by Crippen LogP contribution is -2.35. The van der Waals surface area contributed by atoms with Crippen LogP contribution in [0.3, 0.4) is 0 Å². The largest absolute Gasteiger partial charge is 0.454 e. The van der Waals surface area contributed by atoms with Crippen molar-refractivity contribution < 1.29 is 22.7 Å². The van der Waals surface area contributed by atoms with Gasteiger partial charge in [0.1, 0.15) is 0 Å². The van der Waals surface area contributed by atoms with Crippen LogP contribution >= 0.6 is 0 Å². The molecule has 1 aliphatic heterocycles. The summed E-state index contributed by atoms with van der Waals surface area (Å²) in [7, 11) is -4.00. The second-order valence-electron chi connectivity index (χ2n) is 7.01. The molecule has 1 aromatic heterocycles. The van der Waals surface area contributed by atoms with E-state index < -0.39 is 21.8 Å². The van der Waals surface area contributed by atoms with Crippen molar-refractivity contribution in [2.45, 2.75) is 24.2 Å². The third-order valence-electron chi connectivity index (χ3n) is 4.87. The smallest absolute Gasteiger partial charge is 0.264 e. The number of nitrogens with zero attached hydrogens (tertiary/aromatic N) is 1. The Hall–Kier alpha value is -3.39. The van der Waals surface area contributed by atoms with Crippen molar-refractivity contribution in [3.05, 3.63) is 83.7 Å². The summed E-state index contributed by atoms with van der Waals surface area (Å²) in [6, 6.07) is 15.1. The number of amides is 1. The summed E-state index contributed by atoms with van der Waals surface area (Å²) in [5.74, 6) is -0.246. The molecule has 0 bridgehead atoms. The van der Waals surface area contributed by atoms with Crippen LogP contribution in [-0.2, 0) is 21.2 Å². The average Bonchev–Trinajstić information content (AvgIpc) is 3.20. The molecule has 2 heterocycles. The molecule has 1 N–H and O–H groups in total. The fourth-order valence-corrected chi connectivity index (χ4v) is 4.25. The number of rotatable bonds is 6. The van der Waals surface area contributed by atoms with Crippen LogP contribution in [0.4, 0.5) is 0 Å². The molecule has 1 atom stereocenters. The van der Waals surface area contributed by atoms with Gasteiger partial charge in [0.15, 0.2) is 11.5 Å². The number of nitrogens with one attached hydrogen (secondary N) is 1. The van der Waals surface area contributed by atoms with Crippen molar-refractivity contribution in [2.24, 2.45) is 0 Å². The molecule has 0 saturated heterocycles. The second-order valence-corrected chi connectivity index (χ2v) is 8.69. The van der Waals surface area contributed by atoms with Crippen LogP contribution in [0.15, 0.2) is 71.9 Å². The van der Waals surface area contributed by atoms with E-state index in [1.165, 1.54) is 12.1 Å². The third-order valence-corrected chi connectivity index (χ3v) is 6.23. The maximum absolute atomic E-state index is 13.1. The van der Waals surface area contributed by atoms with Crippen LogP contribution < -0.4 is 14.2 Å². The maximum Gasteiger partial charge on any atom is 0.264 e. The SMILES string of the molecule is Cc1ccc(S(=O)(=O)NC(=O)C(Cc2ccncc2)c2ccc3c(c2)OCO3)cc1. The van der Waals surface area contributed by atoms with Gasteiger partial charge in [-0.15, -0.1) is 0 Å². The van der Waals surface area contributed by atoms with Crippen LogP contribution in [0.1, 0.15) is 22.6 Å². The van der Waals surface area contributed by atoms with E-state index in [0.29, 0.717) is 23.5 Å². The van der Waals surface area contributed by atoms with Crippen LogP contribution in [0, 0.1) is 6.92 Å². The highest BCUT2D eigenvalue weighted by molar-refractivity contribution is 7.90. The Morgan fingerprint density at radius 3 is 2.47 bits per heavy atom. The number of carbonyl (C=O) groups is 1. The quantitative estimate of drug-likeness (QED) is 0.654. The van der Waals surface area contributed by atoms with Gasteiger partial charge in [-0.25, -0.2) is 13.1 Å². The minimum Gasteiger partial charge on any atom is -0.454 e. The van der Waals surface area contributed by atoms with Gasteiger partial charge in [-0.1, -0.05) is 23.8 Å². The predicted molar refractivity (Wildman–Crippen MR) is 110 cm³/mol. The lowest BCUT2D eigenvalue weighted by Gasteiger charge is -2.18. The first-order chi connectivity index (χ1) is 14.4. The molecule has 3 aromatic rings. The first kappa shape index (κ1) is 19.9. The molecule has 0 spiro atoms. The molecule has 1 aliphatic rings. The fourth-order valence-electron chi connectivity index (χ4n) is 3.23. The zero-order chi connectivity index (χ0) is 21.1. The molecular formula is C22H20N2O5S. The fraction of sp³-hybridized carbons (Fsp3) is 0.182. The molecule has 1 unspecified atom stereocenters. The summed E-state index contributed by atoms with van der Waals surface area (Å²) in [6.07, 6.45) is 3.57. The van der Waals surface area contributed by atoms with E-state index in [2.05, 4.69) is 9.71 Å². The van der Waals surface area contributed by atoms with Gasteiger partial charge in [-0.3, -0.25) is 9.78 Å². The van der Waals surface area contributed by atoms with Crippen LogP contribution in [-0.4, -0.2) is 26.1 Å². The summed E-state index contributed by atoms with van der Waals surface area (Å²) < 4.78 is 38.5. The number of ether oxygens (including phenoxy) is 2. The standard InChI is InChI=1S/C22H20N2O5S/c1-15-2-5-18(6-3-15)30(26,27)24-22(25)19(12-16-8-10-23-11-9-16)17-4-7-20-21(13-17)29-14-28-20/h2-11,13,19H,12,14H2,1H3,(H,24,25). The molecule has 0 saturated carbocycles. The monoisotopic (exact) mass is 424 g/mol. The molecule has 8 heteroatoms. The molecule has 30 heavy (non-hydrogen) atoms. The highest BCUT2D eigenvalue weighted by Gasteiger charge is 2.28. The van der Waals surface area contributed by atoms with Gasteiger partial charge in [0, 0.05) is 12.4 Å². The molecule has 4 rings (SSSR count). The first-order valence-electron chi connectivity index (χ1n) is 9.34. The van der Waals surface area contributed by atoms with E-state index >= 15 is 0 Å². The zero-order valence-corrected chi connectivity index (χ0v) is 17.1. The van der Waals surface area contributed by atoms with Gasteiger partial charge >= 0.3 is 0 Å². The van der Waals surface area contributed by atoms with Crippen LogP contribution in [0.25, 0.3) is 0 Å². The molecule has 0 radical (unpaired) electrons. The summed E-state index contributed by atoms with van der Waals surface area (Å²) >= 11 is 0. The number of benzene rings is 2. The summed E-state index contributed by atoms with van der Waals surface area (Å²) in [4.78, 5) is 17.2. The van der Waals surface area contributed by atoms with Gasteiger partial charge < -0.3 is 9.47 Å². The number of pyridine rings is 1. The highest BCUT2D eigenvalue weighted by Crippen LogP contribution is 2.35. The molecule has 7 nitrogen and oxygen atoms in total. The molecular weight excluding hydrogens is 404 g/mol. The highest BCUT2D eigenvalue weighted by atomic mass is 32.2. The van der Waals surface area contributed by atoms with Crippen molar-refractivity contribution in [3.8, 4) is 11.5 Å². The van der Waals surface area contributed by atoms with Gasteiger partial charge in [-0.2, -0.15) is 0 Å². The van der Waals surface area contributed by atoms with Gasteiger partial charge in [-0.05, 0) is 60.9 Å². The summed E-state index contributed by atoms with van der Waals surface area (Å²) in [6.45, 7) is 1.97. The summed E-state index contributed by atoms with van der Waals surface area (Å²) in [5.41, 5.74) is 2.42. The van der Waals surface area contributed by atoms with E-state index in [1.54, 1.807) is 54.9 Å². The second kappa shape index (κ2) is 8.16. The Labute approximate surface area is 174 Å². The van der Waals surface area contributed by atoms with Crippen molar-refractivity contribution in [1.29, 1.82) is 0 Å². The minimum atomic E-state index is -4.00. The lowest BCUT2D eigenvalue weighted by molar-refractivity contribution is -0.120. The zero-order valence-electron chi connectivity index (χ0n) is 16.2. The Bertz CT molecular complexity index is 1160. The van der Waals surface area contributed by atoms with Gasteiger partial charge in [0.2, 0.25) is 12.7 Å². The number of sulfonamides is 1. The Balaban J connectivity index is 1.64. The molecule has 154 valence electrons. The van der Waals surface area contributed by atoms with Crippen LogP contribution in [0.5, 0.6) is 11.5 Å². The number of aryl methyl sites for hydroxylation is 1. The summed E-state index contributed by atoms with van der Waals surface area (Å²) in [5, 5.41) is 0. The van der Waals surface area contributed by atoms with Crippen molar-refractivity contribution in [3.63, 3.8) is 0 Å². The van der Waals surface area contributed by atoms with Crippen molar-refractivity contribution >= 4 is 15.9 Å². The number of hydrogen-bond donors (Lipinski definition) is 1. The van der Waals surface area contributed by atoms with Crippen molar-refractivity contribution in [1.82, 2.24) is 9.71 Å². The Kier molecular flexibility index (Phi) is 5.41. The number of aromatic nitrogens is 1. The van der Waals surface area contributed by atoms with Gasteiger partial charge in [0.05, 0.1) is 10.8 Å². The van der Waals surface area contributed by atoms with Gasteiger partial charge in [0.25, 0.3) is 10.0 Å². The molecule has 0 fully saturated rings. The average molecular weight is 424 g/mol. The molecule has 0 aliphatic carbocycles. The lowest BCUT2D eigenvalue weighted by atomic mass is 9.91. The number of carbonyl (C=O) groups excluding carboxylic acids is 1. The molecule has 2 aromatic carbocycles. The maximum atomic E-state index is 13.1. The van der Waals surface area contributed by atoms with E-state index in [1.807, 2.05) is 6.92 Å². The minimum absolute atomic E-state index is 0.0368. The number of hydrogen-bond acceptors (Lipinski definition) is 6. The molecule has 1 amide bonds. The van der Waals surface area contributed by atoms with Crippen LogP contribution in [0.2, 0.25) is 0 Å². The first-order valence-corrected chi connectivity index (χ1v) is 10.8. The van der Waals surface area contributed by atoms with E-state index in [0.717, 1.165) is 11.1 Å². The van der Waals surface area contributed by atoms with E-state index in [-0.39, 0.29) is 11.7 Å². The van der Waals surface area contributed by atoms with Crippen molar-refractivity contribution in [2.75, 3.05) is 6.79 Å². The Morgan fingerprint density at radius 2 is 1.73 bits per heavy atom.